The van der Waals surface area contributed by atoms with E-state index in [0.29, 0.717) is 17.4 Å². The number of phosphoric ester groups is 1. The summed E-state index contributed by atoms with van der Waals surface area (Å²) in [5.74, 6) is -0.205. The molecule has 0 aliphatic heterocycles. The van der Waals surface area contributed by atoms with Crippen LogP contribution in [0.25, 0.3) is 0 Å². The maximum Gasteiger partial charge on any atom is 0.268 e. The zero-order valence-electron chi connectivity index (χ0n) is 58.5. The molecule has 3 unspecified atom stereocenters. The molecule has 0 saturated heterocycles. The molecule has 0 aliphatic carbocycles. The van der Waals surface area contributed by atoms with Crippen molar-refractivity contribution < 1.29 is 32.9 Å². The van der Waals surface area contributed by atoms with Gasteiger partial charge in [0.25, 0.3) is 7.82 Å². The lowest BCUT2D eigenvalue weighted by Crippen LogP contribution is -2.45. The minimum absolute atomic E-state index is 0.00889. The van der Waals surface area contributed by atoms with Crippen LogP contribution < -0.4 is 10.2 Å². The van der Waals surface area contributed by atoms with Gasteiger partial charge < -0.3 is 28.8 Å². The normalized spacial score (nSPS) is 14.0. The van der Waals surface area contributed by atoms with Crippen LogP contribution in [-0.4, -0.2) is 68.5 Å². The summed E-state index contributed by atoms with van der Waals surface area (Å²) in [5, 5.41) is 13.9. The topological polar surface area (TPSA) is 108 Å². The van der Waals surface area contributed by atoms with E-state index in [-0.39, 0.29) is 12.5 Å². The van der Waals surface area contributed by atoms with E-state index in [0.717, 1.165) is 57.8 Å². The second-order valence-corrected chi connectivity index (χ2v) is 28.4. The van der Waals surface area contributed by atoms with E-state index in [1.165, 1.54) is 289 Å². The molecule has 510 valence electrons. The maximum absolute atomic E-state index is 13.0. The number of allylic oxidation sites excluding steroid dienone is 11. The fourth-order valence-electron chi connectivity index (χ4n) is 11.3. The molecular weight excluding hydrogens is 1090 g/mol. The highest BCUT2D eigenvalue weighted by atomic mass is 31.2. The summed E-state index contributed by atoms with van der Waals surface area (Å²) in [4.78, 5) is 25.6. The molecule has 0 aromatic carbocycles. The molecule has 0 spiro atoms. The number of aliphatic hydroxyl groups is 1. The molecule has 0 rings (SSSR count). The van der Waals surface area contributed by atoms with Gasteiger partial charge in [-0.2, -0.15) is 0 Å². The fraction of sp³-hybridized carbons (Fsp3) is 0.833. The van der Waals surface area contributed by atoms with Gasteiger partial charge in [-0.25, -0.2) is 0 Å². The van der Waals surface area contributed by atoms with Crippen molar-refractivity contribution in [1.29, 1.82) is 0 Å². The van der Waals surface area contributed by atoms with Gasteiger partial charge >= 0.3 is 0 Å². The molecule has 2 N–H and O–H groups in total. The van der Waals surface area contributed by atoms with Crippen LogP contribution in [0.2, 0.25) is 0 Å². The van der Waals surface area contributed by atoms with Crippen molar-refractivity contribution in [2.45, 2.75) is 379 Å². The first kappa shape index (κ1) is 84.9. The number of nitrogens with zero attached hydrogens (tertiary/aromatic N) is 1. The minimum atomic E-state index is -4.62. The van der Waals surface area contributed by atoms with E-state index < -0.39 is 26.6 Å². The van der Waals surface area contributed by atoms with Crippen LogP contribution in [0.4, 0.5) is 0 Å². The molecule has 3 atom stereocenters. The highest BCUT2D eigenvalue weighted by Crippen LogP contribution is 2.38. The number of carbonyl (C=O) groups excluding carboxylic acids is 1. The van der Waals surface area contributed by atoms with Crippen LogP contribution in [0.15, 0.2) is 72.9 Å². The summed E-state index contributed by atoms with van der Waals surface area (Å²) in [5.41, 5.74) is 0. The van der Waals surface area contributed by atoms with Crippen molar-refractivity contribution in [1.82, 2.24) is 5.32 Å². The highest BCUT2D eigenvalue weighted by Gasteiger charge is 2.23. The number of quaternary nitrogens is 1. The average molecular weight is 1240 g/mol. The number of hydrogen-bond donors (Lipinski definition) is 2. The lowest BCUT2D eigenvalue weighted by molar-refractivity contribution is -0.870. The Kier molecular flexibility index (Phi) is 66.7. The number of rotatable bonds is 70. The second kappa shape index (κ2) is 68.3. The van der Waals surface area contributed by atoms with Crippen molar-refractivity contribution in [3.05, 3.63) is 72.9 Å². The smallest absolute Gasteiger partial charge is 0.268 e. The number of nitrogens with one attached hydrogen (secondary N) is 1. The molecule has 0 aromatic rings. The van der Waals surface area contributed by atoms with Crippen LogP contribution in [0, 0.1) is 0 Å². The van der Waals surface area contributed by atoms with Crippen LogP contribution in [0.5, 0.6) is 0 Å². The van der Waals surface area contributed by atoms with Crippen molar-refractivity contribution >= 4 is 13.7 Å². The van der Waals surface area contributed by atoms with Gasteiger partial charge in [0, 0.05) is 6.42 Å². The predicted molar refractivity (Wildman–Crippen MR) is 380 cm³/mol. The minimum Gasteiger partial charge on any atom is -0.756 e. The third-order valence-corrected chi connectivity index (χ3v) is 18.1. The van der Waals surface area contributed by atoms with Gasteiger partial charge in [-0.05, 0) is 83.5 Å². The lowest BCUT2D eigenvalue weighted by atomic mass is 10.0. The largest absolute Gasteiger partial charge is 0.756 e. The molecule has 8 nitrogen and oxygen atoms in total. The standard InChI is InChI=1S/C78H147N2O6P/c1-6-8-10-12-14-16-18-20-22-24-26-28-30-32-33-34-35-36-37-38-39-40-41-42-43-44-45-46-47-48-50-52-54-56-58-60-62-64-66-68-70-72-78(82)79-76(75-86-87(83,84)85-74-73-80(3,4)5)77(81)71-69-67-65-63-61-59-57-55-53-51-49-31-29-27-25-23-21-19-17-15-13-11-9-7-2/h18,20,24,26,30,32,53,55,61,63,69,71,76-77,81H,6-17,19,21-23,25,27-29,31,33-52,54,56-60,62,64-68,70,72-75H2,1-5H3,(H-,79,82,83,84)/b20-18-,26-24-,32-30-,55-53+,63-61+,71-69+. The monoisotopic (exact) mass is 1240 g/mol. The molecule has 87 heavy (non-hydrogen) atoms. The zero-order valence-corrected chi connectivity index (χ0v) is 59.4. The van der Waals surface area contributed by atoms with Crippen LogP contribution in [-0.2, 0) is 18.4 Å². The molecule has 0 radical (unpaired) electrons. The molecule has 9 heteroatoms. The Bertz CT molecular complexity index is 1650. The molecule has 0 saturated carbocycles. The van der Waals surface area contributed by atoms with E-state index in [1.54, 1.807) is 6.08 Å². The molecule has 0 aliphatic rings. The third kappa shape index (κ3) is 71.2. The van der Waals surface area contributed by atoms with Gasteiger partial charge in [0.05, 0.1) is 39.9 Å². The number of phosphoric acid groups is 1. The van der Waals surface area contributed by atoms with Crippen LogP contribution in [0.3, 0.4) is 0 Å². The second-order valence-electron chi connectivity index (χ2n) is 27.0. The van der Waals surface area contributed by atoms with Crippen LogP contribution >= 0.6 is 7.82 Å². The summed E-state index contributed by atoms with van der Waals surface area (Å²) in [6.07, 6.45) is 96.3. The molecule has 0 heterocycles. The number of likely N-dealkylation sites (N-methyl/N-ethyl adjacent to an activating group) is 1. The number of unbranched alkanes of at least 4 members (excludes halogenated alkanes) is 47. The maximum atomic E-state index is 13.0. The van der Waals surface area contributed by atoms with E-state index in [1.807, 2.05) is 27.2 Å². The quantitative estimate of drug-likeness (QED) is 0.0272. The Hall–Kier alpha value is -2.06. The van der Waals surface area contributed by atoms with E-state index in [4.69, 9.17) is 9.05 Å². The van der Waals surface area contributed by atoms with Crippen molar-refractivity contribution in [3.8, 4) is 0 Å². The zero-order chi connectivity index (χ0) is 63.4. The van der Waals surface area contributed by atoms with Gasteiger partial charge in [-0.15, -0.1) is 0 Å². The first-order chi connectivity index (χ1) is 42.5. The fourth-order valence-corrected chi connectivity index (χ4v) is 12.0. The summed E-state index contributed by atoms with van der Waals surface area (Å²) >= 11 is 0. The van der Waals surface area contributed by atoms with Crippen molar-refractivity contribution in [2.24, 2.45) is 0 Å². The van der Waals surface area contributed by atoms with Crippen molar-refractivity contribution in [2.75, 3.05) is 40.9 Å². The van der Waals surface area contributed by atoms with Crippen molar-refractivity contribution in [3.63, 3.8) is 0 Å². The predicted octanol–water partition coefficient (Wildman–Crippen LogP) is 23.9. The number of carbonyl (C=O) groups is 1. The lowest BCUT2D eigenvalue weighted by Gasteiger charge is -2.29. The van der Waals surface area contributed by atoms with Gasteiger partial charge in [0.2, 0.25) is 5.91 Å². The van der Waals surface area contributed by atoms with E-state index >= 15 is 0 Å². The summed E-state index contributed by atoms with van der Waals surface area (Å²) < 4.78 is 23.4. The Balaban J connectivity index is 3.97. The Morgan fingerprint density at radius 3 is 1.01 bits per heavy atom. The number of amides is 1. The van der Waals surface area contributed by atoms with Crippen LogP contribution in [0.1, 0.15) is 367 Å². The summed E-state index contributed by atoms with van der Waals surface area (Å²) in [6.45, 7) is 4.65. The number of aliphatic hydroxyl groups excluding tert-OH is 1. The molecule has 0 bridgehead atoms. The Morgan fingerprint density at radius 1 is 0.402 bits per heavy atom. The first-order valence-electron chi connectivity index (χ1n) is 37.8. The summed E-state index contributed by atoms with van der Waals surface area (Å²) in [6, 6.07) is -0.912. The van der Waals surface area contributed by atoms with Gasteiger partial charge in [-0.3, -0.25) is 9.36 Å². The van der Waals surface area contributed by atoms with E-state index in [2.05, 4.69) is 79.9 Å². The Morgan fingerprint density at radius 2 is 0.678 bits per heavy atom. The van der Waals surface area contributed by atoms with Gasteiger partial charge in [-0.1, -0.05) is 350 Å². The molecule has 0 fully saturated rings. The molecule has 1 amide bonds. The third-order valence-electron chi connectivity index (χ3n) is 17.1. The molecule has 0 aromatic heterocycles. The van der Waals surface area contributed by atoms with Gasteiger partial charge in [0.15, 0.2) is 0 Å². The van der Waals surface area contributed by atoms with Gasteiger partial charge in [0.1, 0.15) is 13.2 Å². The molecular formula is C78H147N2O6P. The summed E-state index contributed by atoms with van der Waals surface area (Å²) in [7, 11) is 1.25. The number of hydrogen-bond acceptors (Lipinski definition) is 6. The highest BCUT2D eigenvalue weighted by molar-refractivity contribution is 7.45. The van der Waals surface area contributed by atoms with E-state index in [9.17, 15) is 19.4 Å². The SMILES string of the molecule is CCCCCCC/C=C\C/C=C\C/C=C\CCCCCCCCCCCCCCCCCCCCCCCCCCCCC(=O)NC(COP(=O)([O-])OCC[N+](C)(C)C)C(O)/C=C/CC/C=C/CC/C=C/CCCCCCCCCCCCCCCC. The average Bonchev–Trinajstić information content (AvgIpc) is 3.71. The Labute approximate surface area is 542 Å². The first-order valence-corrected chi connectivity index (χ1v) is 39.3.